The molecule has 0 bridgehead atoms. The maximum absolute atomic E-state index is 12.7. The monoisotopic (exact) mass is 314 g/mol. The number of hydrogen-bond donors (Lipinski definition) is 1. The zero-order chi connectivity index (χ0) is 15.7. The van der Waals surface area contributed by atoms with Crippen molar-refractivity contribution in [2.75, 3.05) is 13.1 Å². The van der Waals surface area contributed by atoms with E-state index in [9.17, 15) is 4.79 Å². The molecule has 2 aromatic carbocycles. The van der Waals surface area contributed by atoms with Crippen molar-refractivity contribution >= 4 is 17.5 Å². The summed E-state index contributed by atoms with van der Waals surface area (Å²) in [5, 5.41) is 0.678. The number of amides is 1. The first-order valence-electron chi connectivity index (χ1n) is 7.42. The minimum absolute atomic E-state index is 0.0219. The van der Waals surface area contributed by atoms with Gasteiger partial charge in [0.1, 0.15) is 0 Å². The molecule has 0 saturated carbocycles. The van der Waals surface area contributed by atoms with Gasteiger partial charge in [-0.3, -0.25) is 4.79 Å². The van der Waals surface area contributed by atoms with Crippen molar-refractivity contribution in [1.29, 1.82) is 0 Å². The van der Waals surface area contributed by atoms with Crippen LogP contribution in [0.3, 0.4) is 0 Å². The summed E-state index contributed by atoms with van der Waals surface area (Å²) < 4.78 is 0. The molecule has 2 N–H and O–H groups in total. The molecule has 3 nitrogen and oxygen atoms in total. The fourth-order valence-electron chi connectivity index (χ4n) is 3.01. The van der Waals surface area contributed by atoms with Crippen molar-refractivity contribution in [1.82, 2.24) is 4.90 Å². The Morgan fingerprint density at radius 1 is 1.18 bits per heavy atom. The molecule has 1 aliphatic rings. The SMILES string of the molecule is Cc1cc(C(=O)N2C[C@@H](N)[C@H](c3ccccc3)C2)ccc1Cl. The topological polar surface area (TPSA) is 46.3 Å². The Morgan fingerprint density at radius 3 is 2.59 bits per heavy atom. The molecule has 0 radical (unpaired) electrons. The maximum Gasteiger partial charge on any atom is 0.253 e. The summed E-state index contributed by atoms with van der Waals surface area (Å²) in [5.74, 6) is 0.215. The molecule has 1 heterocycles. The van der Waals surface area contributed by atoms with Gasteiger partial charge in [0.05, 0.1) is 0 Å². The van der Waals surface area contributed by atoms with Crippen LogP contribution in [0.15, 0.2) is 48.5 Å². The lowest BCUT2D eigenvalue weighted by Crippen LogP contribution is -2.32. The standard InChI is InChI=1S/C18H19ClN2O/c1-12-9-14(7-8-16(12)19)18(22)21-10-15(17(20)11-21)13-5-3-2-4-6-13/h2-9,15,17H,10-11,20H2,1H3/t15-,17+/m0/s1. The molecule has 1 amide bonds. The molecule has 114 valence electrons. The number of nitrogens with two attached hydrogens (primary N) is 1. The van der Waals surface area contributed by atoms with Crippen LogP contribution in [0, 0.1) is 6.92 Å². The van der Waals surface area contributed by atoms with E-state index in [0.717, 1.165) is 5.56 Å². The van der Waals surface area contributed by atoms with Crippen molar-refractivity contribution in [2.24, 2.45) is 5.73 Å². The number of halogens is 1. The number of carbonyl (C=O) groups excluding carboxylic acids is 1. The van der Waals surface area contributed by atoms with Crippen LogP contribution in [0.5, 0.6) is 0 Å². The lowest BCUT2D eigenvalue weighted by atomic mass is 9.95. The van der Waals surface area contributed by atoms with E-state index in [1.165, 1.54) is 5.56 Å². The lowest BCUT2D eigenvalue weighted by Gasteiger charge is -2.17. The molecular formula is C18H19ClN2O. The minimum Gasteiger partial charge on any atom is -0.336 e. The Hall–Kier alpha value is -1.84. The molecule has 1 fully saturated rings. The maximum atomic E-state index is 12.7. The van der Waals surface area contributed by atoms with E-state index in [1.54, 1.807) is 12.1 Å². The molecule has 4 heteroatoms. The van der Waals surface area contributed by atoms with E-state index in [-0.39, 0.29) is 17.9 Å². The first-order valence-corrected chi connectivity index (χ1v) is 7.80. The summed E-state index contributed by atoms with van der Waals surface area (Å²) in [7, 11) is 0. The Labute approximate surface area is 135 Å². The van der Waals surface area contributed by atoms with Gasteiger partial charge in [0.2, 0.25) is 0 Å². The molecule has 22 heavy (non-hydrogen) atoms. The molecule has 0 spiro atoms. The Morgan fingerprint density at radius 2 is 1.91 bits per heavy atom. The average molecular weight is 315 g/mol. The van der Waals surface area contributed by atoms with Gasteiger partial charge in [-0.15, -0.1) is 0 Å². The fourth-order valence-corrected chi connectivity index (χ4v) is 3.13. The van der Waals surface area contributed by atoms with E-state index >= 15 is 0 Å². The predicted molar refractivity (Wildman–Crippen MR) is 89.3 cm³/mol. The van der Waals surface area contributed by atoms with Crippen LogP contribution in [-0.2, 0) is 0 Å². The second-order valence-corrected chi connectivity index (χ2v) is 6.26. The summed E-state index contributed by atoms with van der Waals surface area (Å²) >= 11 is 6.03. The molecular weight excluding hydrogens is 296 g/mol. The Bertz CT molecular complexity index is 687. The number of rotatable bonds is 2. The quantitative estimate of drug-likeness (QED) is 0.925. The molecule has 3 rings (SSSR count). The summed E-state index contributed by atoms with van der Waals surface area (Å²) in [6.45, 7) is 3.15. The van der Waals surface area contributed by atoms with Gasteiger partial charge in [0.15, 0.2) is 0 Å². The van der Waals surface area contributed by atoms with E-state index < -0.39 is 0 Å². The summed E-state index contributed by atoms with van der Waals surface area (Å²) in [4.78, 5) is 14.5. The number of hydrogen-bond acceptors (Lipinski definition) is 2. The highest BCUT2D eigenvalue weighted by Gasteiger charge is 2.34. The number of benzene rings is 2. The van der Waals surface area contributed by atoms with E-state index in [1.807, 2.05) is 36.1 Å². The zero-order valence-corrected chi connectivity index (χ0v) is 13.3. The van der Waals surface area contributed by atoms with Gasteiger partial charge in [-0.2, -0.15) is 0 Å². The summed E-state index contributed by atoms with van der Waals surface area (Å²) in [5.41, 5.74) is 9.03. The van der Waals surface area contributed by atoms with Gasteiger partial charge in [0, 0.05) is 35.6 Å². The molecule has 1 saturated heterocycles. The van der Waals surface area contributed by atoms with Crippen LogP contribution in [0.4, 0.5) is 0 Å². The summed E-state index contributed by atoms with van der Waals surface area (Å²) in [6.07, 6.45) is 0. The number of carbonyl (C=O) groups is 1. The molecule has 1 aliphatic heterocycles. The van der Waals surface area contributed by atoms with Crippen LogP contribution in [0.25, 0.3) is 0 Å². The smallest absolute Gasteiger partial charge is 0.253 e. The predicted octanol–water partition coefficient (Wildman–Crippen LogP) is 3.22. The van der Waals surface area contributed by atoms with Gasteiger partial charge >= 0.3 is 0 Å². The van der Waals surface area contributed by atoms with E-state index in [4.69, 9.17) is 17.3 Å². The summed E-state index contributed by atoms with van der Waals surface area (Å²) in [6, 6.07) is 15.5. The third kappa shape index (κ3) is 2.87. The van der Waals surface area contributed by atoms with E-state index in [2.05, 4.69) is 12.1 Å². The molecule has 0 unspecified atom stereocenters. The minimum atomic E-state index is -0.0280. The van der Waals surface area contributed by atoms with Crippen molar-refractivity contribution in [3.05, 3.63) is 70.2 Å². The largest absolute Gasteiger partial charge is 0.336 e. The second kappa shape index (κ2) is 6.11. The first kappa shape index (κ1) is 15.1. The van der Waals surface area contributed by atoms with Gasteiger partial charge in [-0.1, -0.05) is 41.9 Å². The lowest BCUT2D eigenvalue weighted by molar-refractivity contribution is 0.0789. The average Bonchev–Trinajstić information content (AvgIpc) is 2.92. The molecule has 2 aromatic rings. The third-order valence-corrected chi connectivity index (χ3v) is 4.71. The van der Waals surface area contributed by atoms with Crippen LogP contribution < -0.4 is 5.73 Å². The highest BCUT2D eigenvalue weighted by molar-refractivity contribution is 6.31. The normalized spacial score (nSPS) is 21.1. The highest BCUT2D eigenvalue weighted by Crippen LogP contribution is 2.28. The molecule has 0 aromatic heterocycles. The fraction of sp³-hybridized carbons (Fsp3) is 0.278. The highest BCUT2D eigenvalue weighted by atomic mass is 35.5. The van der Waals surface area contributed by atoms with E-state index in [0.29, 0.717) is 23.7 Å². The molecule has 2 atom stereocenters. The van der Waals surface area contributed by atoms with Crippen LogP contribution >= 0.6 is 11.6 Å². The van der Waals surface area contributed by atoms with Crippen molar-refractivity contribution < 1.29 is 4.79 Å². The van der Waals surface area contributed by atoms with Crippen molar-refractivity contribution in [3.63, 3.8) is 0 Å². The van der Waals surface area contributed by atoms with Crippen LogP contribution in [0.1, 0.15) is 27.4 Å². The third-order valence-electron chi connectivity index (χ3n) is 4.28. The van der Waals surface area contributed by atoms with Crippen molar-refractivity contribution in [3.8, 4) is 0 Å². The van der Waals surface area contributed by atoms with Crippen molar-refractivity contribution in [2.45, 2.75) is 18.9 Å². The Kier molecular flexibility index (Phi) is 4.19. The number of nitrogens with zero attached hydrogens (tertiary/aromatic N) is 1. The Balaban J connectivity index is 1.79. The van der Waals surface area contributed by atoms with Gasteiger partial charge in [0.25, 0.3) is 5.91 Å². The van der Waals surface area contributed by atoms with Crippen LogP contribution in [0.2, 0.25) is 5.02 Å². The van der Waals surface area contributed by atoms with Gasteiger partial charge < -0.3 is 10.6 Å². The number of likely N-dealkylation sites (tertiary alicyclic amines) is 1. The number of aryl methyl sites for hydroxylation is 1. The van der Waals surface area contributed by atoms with Gasteiger partial charge in [-0.25, -0.2) is 0 Å². The second-order valence-electron chi connectivity index (χ2n) is 5.86. The zero-order valence-electron chi connectivity index (χ0n) is 12.5. The first-order chi connectivity index (χ1) is 10.6. The van der Waals surface area contributed by atoms with Gasteiger partial charge in [-0.05, 0) is 36.2 Å². The van der Waals surface area contributed by atoms with Crippen LogP contribution in [-0.4, -0.2) is 29.9 Å². The molecule has 0 aliphatic carbocycles.